The summed E-state index contributed by atoms with van der Waals surface area (Å²) in [6.07, 6.45) is 1.94. The molecule has 0 unspecified atom stereocenters. The Bertz CT molecular complexity index is 844. The van der Waals surface area contributed by atoms with Crippen LogP contribution in [-0.4, -0.2) is 22.8 Å². The van der Waals surface area contributed by atoms with E-state index in [0.29, 0.717) is 0 Å². The summed E-state index contributed by atoms with van der Waals surface area (Å²) in [6.45, 7) is 10.8. The molecule has 0 fully saturated rings. The van der Waals surface area contributed by atoms with E-state index in [1.54, 1.807) is 0 Å². The quantitative estimate of drug-likeness (QED) is 0.727. The third-order valence-electron chi connectivity index (χ3n) is 4.40. The summed E-state index contributed by atoms with van der Waals surface area (Å²) in [5.74, 6) is 0. The SMILES string of the molecule is Cc1nn(C)c2ncc(CNCc3ccc([Si](C)(C)C)cc3)cc12. The van der Waals surface area contributed by atoms with Crippen molar-refractivity contribution in [3.63, 3.8) is 0 Å². The number of nitrogens with zero attached hydrogens (tertiary/aromatic N) is 3. The average molecular weight is 339 g/mol. The molecule has 0 aliphatic heterocycles. The molecular weight excluding hydrogens is 312 g/mol. The number of rotatable bonds is 5. The zero-order chi connectivity index (χ0) is 17.3. The van der Waals surface area contributed by atoms with Crippen molar-refractivity contribution < 1.29 is 0 Å². The Balaban J connectivity index is 1.63. The van der Waals surface area contributed by atoms with Gasteiger partial charge in [-0.3, -0.25) is 4.68 Å². The van der Waals surface area contributed by atoms with Gasteiger partial charge < -0.3 is 5.32 Å². The maximum atomic E-state index is 4.53. The smallest absolute Gasteiger partial charge is 0.157 e. The summed E-state index contributed by atoms with van der Waals surface area (Å²) < 4.78 is 1.84. The molecule has 1 aromatic carbocycles. The summed E-state index contributed by atoms with van der Waals surface area (Å²) in [5, 5.41) is 10.6. The van der Waals surface area contributed by atoms with Gasteiger partial charge in [0.25, 0.3) is 0 Å². The third kappa shape index (κ3) is 3.57. The average Bonchev–Trinajstić information content (AvgIpc) is 2.81. The molecule has 0 radical (unpaired) electrons. The van der Waals surface area contributed by atoms with Gasteiger partial charge in [0.2, 0.25) is 0 Å². The Morgan fingerprint density at radius 1 is 1.04 bits per heavy atom. The Labute approximate surface area is 144 Å². The summed E-state index contributed by atoms with van der Waals surface area (Å²) in [4.78, 5) is 4.53. The van der Waals surface area contributed by atoms with Crippen molar-refractivity contribution in [3.05, 3.63) is 53.3 Å². The zero-order valence-electron chi connectivity index (χ0n) is 15.2. The lowest BCUT2D eigenvalue weighted by Crippen LogP contribution is -2.37. The minimum Gasteiger partial charge on any atom is -0.309 e. The van der Waals surface area contributed by atoms with Crippen molar-refractivity contribution in [2.75, 3.05) is 0 Å². The van der Waals surface area contributed by atoms with E-state index in [0.717, 1.165) is 29.8 Å². The Morgan fingerprint density at radius 2 is 1.71 bits per heavy atom. The molecule has 5 heteroatoms. The van der Waals surface area contributed by atoms with Gasteiger partial charge in [-0.25, -0.2) is 4.98 Å². The van der Waals surface area contributed by atoms with E-state index in [4.69, 9.17) is 0 Å². The number of hydrogen-bond acceptors (Lipinski definition) is 3. The van der Waals surface area contributed by atoms with Crippen LogP contribution in [0.4, 0.5) is 0 Å². The Hall–Kier alpha value is -1.98. The molecule has 3 aromatic rings. The fourth-order valence-electron chi connectivity index (χ4n) is 2.92. The van der Waals surface area contributed by atoms with Gasteiger partial charge in [-0.05, 0) is 24.1 Å². The number of benzene rings is 1. The van der Waals surface area contributed by atoms with Crippen LogP contribution in [0.5, 0.6) is 0 Å². The first-order valence-electron chi connectivity index (χ1n) is 8.43. The standard InChI is InChI=1S/C19H26N4Si/c1-14-18-10-16(13-21-19(18)23(2)22-14)12-20-11-15-6-8-17(9-7-15)24(3,4)5/h6-10,13,20H,11-12H2,1-5H3. The molecule has 2 heterocycles. The molecule has 0 amide bonds. The van der Waals surface area contributed by atoms with Crippen molar-refractivity contribution in [1.82, 2.24) is 20.1 Å². The molecule has 0 atom stereocenters. The molecule has 126 valence electrons. The van der Waals surface area contributed by atoms with Gasteiger partial charge in [-0.15, -0.1) is 0 Å². The summed E-state index contributed by atoms with van der Waals surface area (Å²) in [6, 6.07) is 11.2. The minimum absolute atomic E-state index is 0.813. The molecule has 0 aliphatic carbocycles. The summed E-state index contributed by atoms with van der Waals surface area (Å²) in [7, 11) is 0.729. The van der Waals surface area contributed by atoms with E-state index in [-0.39, 0.29) is 0 Å². The molecular formula is C19H26N4Si. The fraction of sp³-hybridized carbons (Fsp3) is 0.368. The highest BCUT2D eigenvalue weighted by molar-refractivity contribution is 6.88. The molecule has 0 spiro atoms. The molecule has 0 bridgehead atoms. The van der Waals surface area contributed by atoms with Crippen molar-refractivity contribution in [1.29, 1.82) is 0 Å². The second-order valence-corrected chi connectivity index (χ2v) is 12.6. The van der Waals surface area contributed by atoms with Crippen LogP contribution in [0.15, 0.2) is 36.5 Å². The normalized spacial score (nSPS) is 12.0. The Morgan fingerprint density at radius 3 is 2.38 bits per heavy atom. The maximum absolute atomic E-state index is 4.53. The van der Waals surface area contributed by atoms with Crippen LogP contribution < -0.4 is 10.5 Å². The van der Waals surface area contributed by atoms with Crippen LogP contribution in [0.2, 0.25) is 19.6 Å². The lowest BCUT2D eigenvalue weighted by molar-refractivity contribution is 0.692. The van der Waals surface area contributed by atoms with E-state index in [2.05, 4.69) is 65.4 Å². The van der Waals surface area contributed by atoms with E-state index < -0.39 is 8.07 Å². The molecule has 4 nitrogen and oxygen atoms in total. The number of pyridine rings is 1. The molecule has 3 rings (SSSR count). The number of aromatic nitrogens is 3. The molecule has 0 saturated carbocycles. The maximum Gasteiger partial charge on any atom is 0.157 e. The highest BCUT2D eigenvalue weighted by atomic mass is 28.3. The fourth-order valence-corrected chi connectivity index (χ4v) is 4.09. The van der Waals surface area contributed by atoms with Crippen LogP contribution >= 0.6 is 0 Å². The zero-order valence-corrected chi connectivity index (χ0v) is 16.2. The van der Waals surface area contributed by atoms with Crippen LogP contribution in [-0.2, 0) is 20.1 Å². The predicted octanol–water partition coefficient (Wildman–Crippen LogP) is 3.11. The Kier molecular flexibility index (Phi) is 4.56. The van der Waals surface area contributed by atoms with E-state index in [9.17, 15) is 0 Å². The second-order valence-electron chi connectivity index (χ2n) is 7.47. The van der Waals surface area contributed by atoms with Crippen molar-refractivity contribution in [2.24, 2.45) is 7.05 Å². The topological polar surface area (TPSA) is 42.7 Å². The van der Waals surface area contributed by atoms with Crippen LogP contribution in [0.3, 0.4) is 0 Å². The predicted molar refractivity (Wildman–Crippen MR) is 103 cm³/mol. The van der Waals surface area contributed by atoms with Crippen molar-refractivity contribution >= 4 is 24.3 Å². The second kappa shape index (κ2) is 6.49. The van der Waals surface area contributed by atoms with Gasteiger partial charge in [0.15, 0.2) is 5.65 Å². The molecule has 1 N–H and O–H groups in total. The molecule has 0 saturated heterocycles. The van der Waals surface area contributed by atoms with E-state index >= 15 is 0 Å². The monoisotopic (exact) mass is 338 g/mol. The molecule has 24 heavy (non-hydrogen) atoms. The first kappa shape index (κ1) is 16.9. The molecule has 0 aliphatic rings. The van der Waals surface area contributed by atoms with Gasteiger partial charge >= 0.3 is 0 Å². The largest absolute Gasteiger partial charge is 0.309 e. The third-order valence-corrected chi connectivity index (χ3v) is 6.46. The first-order valence-corrected chi connectivity index (χ1v) is 11.9. The van der Waals surface area contributed by atoms with Gasteiger partial charge in [0, 0.05) is 31.7 Å². The highest BCUT2D eigenvalue weighted by Crippen LogP contribution is 2.16. The van der Waals surface area contributed by atoms with E-state index in [1.165, 1.54) is 16.3 Å². The van der Waals surface area contributed by atoms with Gasteiger partial charge in [0.1, 0.15) is 0 Å². The summed E-state index contributed by atoms with van der Waals surface area (Å²) in [5.41, 5.74) is 4.49. The van der Waals surface area contributed by atoms with Crippen molar-refractivity contribution in [3.8, 4) is 0 Å². The van der Waals surface area contributed by atoms with E-state index in [1.807, 2.05) is 24.9 Å². The number of aryl methyl sites for hydroxylation is 2. The van der Waals surface area contributed by atoms with Gasteiger partial charge in [0.05, 0.1) is 13.8 Å². The number of fused-ring (bicyclic) bond motifs is 1. The lowest BCUT2D eigenvalue weighted by atomic mass is 10.2. The van der Waals surface area contributed by atoms with Gasteiger partial charge in [-0.2, -0.15) is 5.10 Å². The summed E-state index contributed by atoms with van der Waals surface area (Å²) >= 11 is 0. The highest BCUT2D eigenvalue weighted by Gasteiger charge is 2.15. The lowest BCUT2D eigenvalue weighted by Gasteiger charge is -2.16. The van der Waals surface area contributed by atoms with Crippen molar-refractivity contribution in [2.45, 2.75) is 39.7 Å². The van der Waals surface area contributed by atoms with Crippen LogP contribution in [0.25, 0.3) is 11.0 Å². The minimum atomic E-state index is -1.21. The van der Waals surface area contributed by atoms with Gasteiger partial charge in [-0.1, -0.05) is 49.1 Å². The van der Waals surface area contributed by atoms with Crippen LogP contribution in [0.1, 0.15) is 16.8 Å². The van der Waals surface area contributed by atoms with Crippen LogP contribution in [0, 0.1) is 6.92 Å². The number of hydrogen-bond donors (Lipinski definition) is 1. The number of nitrogens with one attached hydrogen (secondary N) is 1. The molecule has 2 aromatic heterocycles. The first-order chi connectivity index (χ1) is 11.3.